The van der Waals surface area contributed by atoms with Gasteiger partial charge < -0.3 is 0 Å². The molecule has 0 aliphatic rings. The Morgan fingerprint density at radius 2 is 2.25 bits per heavy atom. The molecule has 0 bridgehead atoms. The lowest BCUT2D eigenvalue weighted by molar-refractivity contribution is 0.607. The lowest BCUT2D eigenvalue weighted by Gasteiger charge is -2.02. The fourth-order valence-electron chi connectivity index (χ4n) is 0.751. The molecule has 1 unspecified atom stereocenters. The zero-order valence-electron chi connectivity index (χ0n) is 5.80. The molecule has 1 aromatic rings. The highest BCUT2D eigenvalue weighted by Gasteiger charge is 2.12. The number of hydrogen-bond acceptors (Lipinski definition) is 2. The highest BCUT2D eigenvalue weighted by atomic mass is 79.9. The van der Waals surface area contributed by atoms with Crippen LogP contribution in [0, 0.1) is 10.7 Å². The maximum Gasteiger partial charge on any atom is 0.193 e. The molecule has 1 atom stereocenters. The van der Waals surface area contributed by atoms with Gasteiger partial charge in [0, 0.05) is 10.0 Å². The normalized spacial score (nSPS) is 12.6. The van der Waals surface area contributed by atoms with Crippen LogP contribution >= 0.6 is 27.5 Å². The van der Waals surface area contributed by atoms with Crippen LogP contribution in [0.3, 0.4) is 0 Å². The average Bonchev–Trinajstić information content (AvgIpc) is 2.03. The van der Waals surface area contributed by atoms with Crippen molar-refractivity contribution in [1.29, 1.82) is 0 Å². The molecule has 0 aromatic heterocycles. The molecule has 0 aliphatic heterocycles. The molecular weight excluding hydrogens is 248 g/mol. The number of rotatable bonds is 2. The molecule has 0 aliphatic carbocycles. The van der Waals surface area contributed by atoms with Crippen molar-refractivity contribution in [3.8, 4) is 0 Å². The van der Waals surface area contributed by atoms with Crippen LogP contribution in [0.2, 0.25) is 0 Å². The maximum atomic E-state index is 13.0. The Morgan fingerprint density at radius 3 is 2.75 bits per heavy atom. The second-order valence-electron chi connectivity index (χ2n) is 2.11. The van der Waals surface area contributed by atoms with Gasteiger partial charge in [0.15, 0.2) is 5.50 Å². The van der Waals surface area contributed by atoms with Crippen molar-refractivity contribution >= 4 is 27.5 Å². The van der Waals surface area contributed by atoms with Gasteiger partial charge in [-0.25, -0.2) is 4.39 Å². The molecule has 5 heteroatoms. The van der Waals surface area contributed by atoms with Crippen LogP contribution in [0.5, 0.6) is 0 Å². The highest BCUT2D eigenvalue weighted by Crippen LogP contribution is 2.26. The van der Waals surface area contributed by atoms with E-state index in [0.29, 0.717) is 4.47 Å². The Bertz CT molecular complexity index is 307. The van der Waals surface area contributed by atoms with Gasteiger partial charge in [-0.1, -0.05) is 33.6 Å². The van der Waals surface area contributed by atoms with Crippen LogP contribution in [-0.4, -0.2) is 0 Å². The number of benzene rings is 1. The number of nitrogens with zero attached hydrogens (tertiary/aromatic N) is 1. The summed E-state index contributed by atoms with van der Waals surface area (Å²) in [5.41, 5.74) is -1.06. The molecule has 0 heterocycles. The van der Waals surface area contributed by atoms with Gasteiger partial charge in [-0.3, -0.25) is 0 Å². The van der Waals surface area contributed by atoms with Crippen molar-refractivity contribution in [1.82, 2.24) is 0 Å². The van der Waals surface area contributed by atoms with E-state index in [-0.39, 0.29) is 5.56 Å². The lowest BCUT2D eigenvalue weighted by Crippen LogP contribution is -1.90. The van der Waals surface area contributed by atoms with E-state index < -0.39 is 11.3 Å². The molecule has 1 rings (SSSR count). The molecule has 12 heavy (non-hydrogen) atoms. The summed E-state index contributed by atoms with van der Waals surface area (Å²) < 4.78 is 13.6. The van der Waals surface area contributed by atoms with E-state index in [4.69, 9.17) is 11.6 Å². The Kier molecular flexibility index (Phi) is 3.17. The van der Waals surface area contributed by atoms with E-state index in [1.807, 2.05) is 0 Å². The molecule has 0 saturated heterocycles. The monoisotopic (exact) mass is 251 g/mol. The predicted octanol–water partition coefficient (Wildman–Crippen LogP) is 3.59. The van der Waals surface area contributed by atoms with Crippen molar-refractivity contribution in [3.63, 3.8) is 0 Å². The largest absolute Gasteiger partial charge is 0.207 e. The van der Waals surface area contributed by atoms with Crippen LogP contribution in [0.4, 0.5) is 4.39 Å². The smallest absolute Gasteiger partial charge is 0.193 e. The van der Waals surface area contributed by atoms with E-state index in [0.717, 1.165) is 0 Å². The Labute approximate surface area is 81.8 Å². The number of hydrogen-bond donors (Lipinski definition) is 0. The van der Waals surface area contributed by atoms with Gasteiger partial charge in [-0.05, 0) is 17.3 Å². The number of alkyl halides is 1. The van der Waals surface area contributed by atoms with Crippen molar-refractivity contribution in [3.05, 3.63) is 39.0 Å². The van der Waals surface area contributed by atoms with E-state index in [1.54, 1.807) is 6.07 Å². The molecule has 0 radical (unpaired) electrons. The van der Waals surface area contributed by atoms with Gasteiger partial charge >= 0.3 is 0 Å². The Balaban J connectivity index is 3.09. The predicted molar refractivity (Wildman–Crippen MR) is 48.5 cm³/mol. The summed E-state index contributed by atoms with van der Waals surface area (Å²) in [6.45, 7) is 0. The molecule has 0 amide bonds. The third-order valence-corrected chi connectivity index (χ3v) is 2.12. The van der Waals surface area contributed by atoms with Crippen molar-refractivity contribution in [2.75, 3.05) is 0 Å². The standard InChI is InChI=1S/C7H4BrClFNO/c8-4-1-2-5(6(10)3-4)7(9)11-12/h1-3,7H. The summed E-state index contributed by atoms with van der Waals surface area (Å²) in [6.07, 6.45) is 0. The van der Waals surface area contributed by atoms with Gasteiger partial charge in [0.05, 0.1) is 0 Å². The zero-order chi connectivity index (χ0) is 9.14. The zero-order valence-corrected chi connectivity index (χ0v) is 8.14. The SMILES string of the molecule is O=NC(Cl)c1ccc(Br)cc1F. The summed E-state index contributed by atoms with van der Waals surface area (Å²) in [5, 5.41) is 2.51. The molecule has 1 aromatic carbocycles. The quantitative estimate of drug-likeness (QED) is 0.449. The molecule has 2 nitrogen and oxygen atoms in total. The first-order valence-electron chi connectivity index (χ1n) is 3.06. The maximum absolute atomic E-state index is 13.0. The fourth-order valence-corrected chi connectivity index (χ4v) is 1.26. The van der Waals surface area contributed by atoms with Crippen LogP contribution in [0.25, 0.3) is 0 Å². The Hall–Kier alpha value is -0.480. The van der Waals surface area contributed by atoms with Crippen LogP contribution in [0.1, 0.15) is 11.1 Å². The van der Waals surface area contributed by atoms with Crippen molar-refractivity contribution in [2.45, 2.75) is 5.50 Å². The van der Waals surface area contributed by atoms with Gasteiger partial charge in [-0.15, -0.1) is 4.91 Å². The Morgan fingerprint density at radius 1 is 1.58 bits per heavy atom. The number of nitroso groups, excluding NO2 is 1. The minimum absolute atomic E-state index is 0.0925. The highest BCUT2D eigenvalue weighted by molar-refractivity contribution is 9.10. The van der Waals surface area contributed by atoms with Crippen LogP contribution in [0.15, 0.2) is 27.8 Å². The van der Waals surface area contributed by atoms with E-state index >= 15 is 0 Å². The second kappa shape index (κ2) is 3.96. The molecule has 0 spiro atoms. The summed E-state index contributed by atoms with van der Waals surface area (Å²) in [7, 11) is 0. The lowest BCUT2D eigenvalue weighted by atomic mass is 10.2. The van der Waals surface area contributed by atoms with Crippen LogP contribution in [-0.2, 0) is 0 Å². The van der Waals surface area contributed by atoms with Gasteiger partial charge in [0.25, 0.3) is 0 Å². The van der Waals surface area contributed by atoms with E-state index in [1.165, 1.54) is 12.1 Å². The van der Waals surface area contributed by atoms with Crippen LogP contribution < -0.4 is 0 Å². The van der Waals surface area contributed by atoms with E-state index in [9.17, 15) is 9.30 Å². The minimum Gasteiger partial charge on any atom is -0.207 e. The summed E-state index contributed by atoms with van der Waals surface area (Å²) in [6, 6.07) is 4.24. The van der Waals surface area contributed by atoms with Crippen molar-refractivity contribution < 1.29 is 4.39 Å². The van der Waals surface area contributed by atoms with Gasteiger partial charge in [0.2, 0.25) is 0 Å². The second-order valence-corrected chi connectivity index (χ2v) is 3.44. The van der Waals surface area contributed by atoms with E-state index in [2.05, 4.69) is 21.1 Å². The first-order valence-corrected chi connectivity index (χ1v) is 4.29. The third kappa shape index (κ3) is 2.01. The topological polar surface area (TPSA) is 29.4 Å². The first kappa shape index (κ1) is 9.61. The molecule has 0 N–H and O–H groups in total. The van der Waals surface area contributed by atoms with Gasteiger partial charge in [-0.2, -0.15) is 0 Å². The average molecular weight is 252 g/mol. The molecule has 64 valence electrons. The summed E-state index contributed by atoms with van der Waals surface area (Å²) >= 11 is 8.49. The summed E-state index contributed by atoms with van der Waals surface area (Å²) in [5.74, 6) is -0.538. The summed E-state index contributed by atoms with van der Waals surface area (Å²) in [4.78, 5) is 9.98. The number of halogens is 3. The minimum atomic E-state index is -1.15. The molecule has 0 saturated carbocycles. The van der Waals surface area contributed by atoms with Gasteiger partial charge in [0.1, 0.15) is 5.82 Å². The fraction of sp³-hybridized carbons (Fsp3) is 0.143. The third-order valence-electron chi connectivity index (χ3n) is 1.31. The van der Waals surface area contributed by atoms with Crippen molar-refractivity contribution in [2.24, 2.45) is 5.18 Å². The molecular formula is C7H4BrClFNO. The molecule has 0 fully saturated rings. The first-order chi connectivity index (χ1) is 5.65.